The van der Waals surface area contributed by atoms with Crippen molar-refractivity contribution in [3.8, 4) is 5.88 Å². The fourth-order valence-corrected chi connectivity index (χ4v) is 1.59. The maximum Gasteiger partial charge on any atom is 0.252 e. The highest BCUT2D eigenvalue weighted by atomic mass is 79.9. The summed E-state index contributed by atoms with van der Waals surface area (Å²) >= 11 is 3.29. The summed E-state index contributed by atoms with van der Waals surface area (Å²) in [5.74, 6) is 0.365. The molecule has 1 N–H and O–H groups in total. The van der Waals surface area contributed by atoms with Gasteiger partial charge in [-0.05, 0) is 28.8 Å². The van der Waals surface area contributed by atoms with Crippen molar-refractivity contribution in [2.24, 2.45) is 0 Å². The number of amides is 1. The molecule has 1 heterocycles. The Balaban J connectivity index is 2.20. The van der Waals surface area contributed by atoms with E-state index in [4.69, 9.17) is 4.74 Å². The third-order valence-corrected chi connectivity index (χ3v) is 2.83. The monoisotopic (exact) mass is 270 g/mol. The fraction of sp³-hybridized carbons (Fsp3) is 0.400. The summed E-state index contributed by atoms with van der Waals surface area (Å²) in [7, 11) is 1.53. The van der Waals surface area contributed by atoms with E-state index in [0.29, 0.717) is 22.0 Å². The van der Waals surface area contributed by atoms with Gasteiger partial charge in [-0.3, -0.25) is 4.79 Å². The number of ether oxygens (including phenoxy) is 1. The molecule has 4 nitrogen and oxygen atoms in total. The predicted molar refractivity (Wildman–Crippen MR) is 59.0 cm³/mol. The lowest BCUT2D eigenvalue weighted by Crippen LogP contribution is -2.25. The van der Waals surface area contributed by atoms with Crippen LogP contribution in [-0.2, 0) is 0 Å². The number of nitrogens with one attached hydrogen (secondary N) is 1. The average molecular weight is 271 g/mol. The largest absolute Gasteiger partial charge is 0.481 e. The zero-order chi connectivity index (χ0) is 10.8. The Hall–Kier alpha value is -1.10. The van der Waals surface area contributed by atoms with Crippen molar-refractivity contribution in [1.82, 2.24) is 10.3 Å². The molecule has 5 heteroatoms. The van der Waals surface area contributed by atoms with Crippen LogP contribution in [0, 0.1) is 0 Å². The maximum atomic E-state index is 11.8. The minimum Gasteiger partial charge on any atom is -0.481 e. The second kappa shape index (κ2) is 4.18. The molecule has 0 saturated heterocycles. The molecule has 0 spiro atoms. The predicted octanol–water partition coefficient (Wildman–Crippen LogP) is 1.74. The lowest BCUT2D eigenvalue weighted by Gasteiger charge is -2.06. The molecule has 0 aromatic carbocycles. The Morgan fingerprint density at radius 1 is 1.67 bits per heavy atom. The van der Waals surface area contributed by atoms with Crippen molar-refractivity contribution in [3.05, 3.63) is 22.3 Å². The maximum absolute atomic E-state index is 11.8. The molecule has 1 aromatic rings. The van der Waals surface area contributed by atoms with Crippen molar-refractivity contribution in [3.63, 3.8) is 0 Å². The molecule has 0 bridgehead atoms. The van der Waals surface area contributed by atoms with E-state index in [1.807, 2.05) is 0 Å². The van der Waals surface area contributed by atoms with Gasteiger partial charge in [0.05, 0.1) is 12.7 Å². The van der Waals surface area contributed by atoms with Gasteiger partial charge in [-0.1, -0.05) is 0 Å². The van der Waals surface area contributed by atoms with Gasteiger partial charge in [0.25, 0.3) is 5.91 Å². The Labute approximate surface area is 96.2 Å². The van der Waals surface area contributed by atoms with Gasteiger partial charge in [0, 0.05) is 22.8 Å². The molecule has 0 radical (unpaired) electrons. The molecule has 1 aromatic heterocycles. The van der Waals surface area contributed by atoms with Gasteiger partial charge >= 0.3 is 0 Å². The molecule has 1 amide bonds. The van der Waals surface area contributed by atoms with E-state index in [0.717, 1.165) is 12.8 Å². The molecule has 0 aliphatic heterocycles. The topological polar surface area (TPSA) is 51.2 Å². The van der Waals surface area contributed by atoms with Gasteiger partial charge in [-0.2, -0.15) is 0 Å². The Morgan fingerprint density at radius 3 is 3.00 bits per heavy atom. The highest BCUT2D eigenvalue weighted by Crippen LogP contribution is 2.23. The third-order valence-electron chi connectivity index (χ3n) is 2.20. The van der Waals surface area contributed by atoms with Gasteiger partial charge in [0.1, 0.15) is 0 Å². The molecule has 1 fully saturated rings. The molecule has 1 aliphatic carbocycles. The zero-order valence-electron chi connectivity index (χ0n) is 8.29. The summed E-state index contributed by atoms with van der Waals surface area (Å²) in [6.45, 7) is 0. The van der Waals surface area contributed by atoms with E-state index >= 15 is 0 Å². The normalized spacial score (nSPS) is 14.8. The van der Waals surface area contributed by atoms with Crippen LogP contribution in [0.15, 0.2) is 16.7 Å². The number of pyridine rings is 1. The highest BCUT2D eigenvalue weighted by Gasteiger charge is 2.24. The molecule has 2 rings (SSSR count). The van der Waals surface area contributed by atoms with Gasteiger partial charge < -0.3 is 10.1 Å². The molecule has 1 saturated carbocycles. The number of carbonyl (C=O) groups is 1. The number of aromatic nitrogens is 1. The van der Waals surface area contributed by atoms with Gasteiger partial charge in [0.15, 0.2) is 0 Å². The lowest BCUT2D eigenvalue weighted by molar-refractivity contribution is 0.0949. The first kappa shape index (κ1) is 10.4. The summed E-state index contributed by atoms with van der Waals surface area (Å²) in [6, 6.07) is 1.98. The molecule has 15 heavy (non-hydrogen) atoms. The van der Waals surface area contributed by atoms with Crippen LogP contribution in [0.25, 0.3) is 0 Å². The van der Waals surface area contributed by atoms with E-state index in [9.17, 15) is 4.79 Å². The zero-order valence-corrected chi connectivity index (χ0v) is 9.87. The molecule has 0 unspecified atom stereocenters. The van der Waals surface area contributed by atoms with Crippen LogP contribution < -0.4 is 10.1 Å². The Morgan fingerprint density at radius 2 is 2.40 bits per heavy atom. The number of rotatable bonds is 3. The number of methoxy groups -OCH3 is 1. The second-order valence-electron chi connectivity index (χ2n) is 3.45. The summed E-state index contributed by atoms with van der Waals surface area (Å²) in [5.41, 5.74) is 0.564. The average Bonchev–Trinajstić information content (AvgIpc) is 3.02. The van der Waals surface area contributed by atoms with Crippen molar-refractivity contribution in [1.29, 1.82) is 0 Å². The number of halogens is 1. The molecular weight excluding hydrogens is 260 g/mol. The van der Waals surface area contributed by atoms with E-state index in [2.05, 4.69) is 26.2 Å². The fourth-order valence-electron chi connectivity index (χ4n) is 1.20. The van der Waals surface area contributed by atoms with E-state index < -0.39 is 0 Å². The number of hydrogen-bond donors (Lipinski definition) is 1. The van der Waals surface area contributed by atoms with Crippen molar-refractivity contribution >= 4 is 21.8 Å². The minimum atomic E-state index is -0.0786. The first-order valence-electron chi connectivity index (χ1n) is 4.71. The van der Waals surface area contributed by atoms with E-state index in [1.54, 1.807) is 12.3 Å². The van der Waals surface area contributed by atoms with Crippen LogP contribution in [-0.4, -0.2) is 24.0 Å². The smallest absolute Gasteiger partial charge is 0.252 e. The lowest BCUT2D eigenvalue weighted by atomic mass is 10.2. The third kappa shape index (κ3) is 2.47. The van der Waals surface area contributed by atoms with Crippen LogP contribution in [0.1, 0.15) is 23.2 Å². The van der Waals surface area contributed by atoms with E-state index in [1.165, 1.54) is 7.11 Å². The summed E-state index contributed by atoms with van der Waals surface area (Å²) in [4.78, 5) is 15.7. The SMILES string of the molecule is COc1cc(C(=O)NC2CC2)c(Br)cn1. The van der Waals surface area contributed by atoms with Crippen molar-refractivity contribution in [2.45, 2.75) is 18.9 Å². The first-order chi connectivity index (χ1) is 7.20. The number of carbonyl (C=O) groups excluding carboxylic acids is 1. The summed E-state index contributed by atoms with van der Waals surface area (Å²) in [6.07, 6.45) is 3.72. The quantitative estimate of drug-likeness (QED) is 0.911. The van der Waals surface area contributed by atoms with Gasteiger partial charge in [0.2, 0.25) is 5.88 Å². The molecule has 1 aliphatic rings. The Kier molecular flexibility index (Phi) is 2.90. The van der Waals surface area contributed by atoms with Crippen molar-refractivity contribution in [2.75, 3.05) is 7.11 Å². The van der Waals surface area contributed by atoms with Crippen LogP contribution >= 0.6 is 15.9 Å². The van der Waals surface area contributed by atoms with Gasteiger partial charge in [-0.25, -0.2) is 4.98 Å². The van der Waals surface area contributed by atoms with Crippen LogP contribution in [0.5, 0.6) is 5.88 Å². The molecule has 80 valence electrons. The Bertz CT molecular complexity index is 391. The highest BCUT2D eigenvalue weighted by molar-refractivity contribution is 9.10. The molecule has 0 atom stereocenters. The molecular formula is C10H11BrN2O2. The number of nitrogens with zero attached hydrogens (tertiary/aromatic N) is 1. The van der Waals surface area contributed by atoms with Crippen LogP contribution in [0.3, 0.4) is 0 Å². The summed E-state index contributed by atoms with van der Waals surface area (Å²) < 4.78 is 5.65. The minimum absolute atomic E-state index is 0.0786. The summed E-state index contributed by atoms with van der Waals surface area (Å²) in [5, 5.41) is 2.91. The van der Waals surface area contributed by atoms with E-state index in [-0.39, 0.29) is 5.91 Å². The number of hydrogen-bond acceptors (Lipinski definition) is 3. The van der Waals surface area contributed by atoms with Gasteiger partial charge in [-0.15, -0.1) is 0 Å². The van der Waals surface area contributed by atoms with Crippen LogP contribution in [0.2, 0.25) is 0 Å². The standard InChI is InChI=1S/C10H11BrN2O2/c1-15-9-4-7(8(11)5-12-9)10(14)13-6-2-3-6/h4-6H,2-3H2,1H3,(H,13,14). The second-order valence-corrected chi connectivity index (χ2v) is 4.31. The van der Waals surface area contributed by atoms with Crippen LogP contribution in [0.4, 0.5) is 0 Å². The first-order valence-corrected chi connectivity index (χ1v) is 5.50. The van der Waals surface area contributed by atoms with Crippen molar-refractivity contribution < 1.29 is 9.53 Å².